The van der Waals surface area contributed by atoms with E-state index in [9.17, 15) is 0 Å². The van der Waals surface area contributed by atoms with E-state index in [0.717, 1.165) is 27.7 Å². The lowest BCUT2D eigenvalue weighted by Crippen LogP contribution is -2.21. The van der Waals surface area contributed by atoms with Crippen LogP contribution in [0.1, 0.15) is 95.4 Å². The van der Waals surface area contributed by atoms with Crippen LogP contribution in [0.3, 0.4) is 0 Å². The van der Waals surface area contributed by atoms with E-state index >= 15 is 0 Å². The molecule has 234 valence electrons. The Balaban J connectivity index is 1.45. The Kier molecular flexibility index (Phi) is 21.6. The van der Waals surface area contributed by atoms with Gasteiger partial charge in [-0.3, -0.25) is 0 Å². The molecule has 2 aromatic rings. The Labute approximate surface area is 251 Å². The second-order valence-corrected chi connectivity index (χ2v) is 11.6. The molecule has 2 rings (SSSR count). The first-order valence-electron chi connectivity index (χ1n) is 15.8. The molecule has 1 aromatic carbocycles. The predicted octanol–water partition coefficient (Wildman–Crippen LogP) is 6.62. The van der Waals surface area contributed by atoms with Gasteiger partial charge in [0, 0.05) is 12.0 Å². The summed E-state index contributed by atoms with van der Waals surface area (Å²) in [5, 5.41) is 28.7. The maximum absolute atomic E-state index is 9.16. The van der Waals surface area contributed by atoms with Crippen molar-refractivity contribution in [2.24, 2.45) is 0 Å². The summed E-state index contributed by atoms with van der Waals surface area (Å²) >= 11 is 1.69. The normalized spacial score (nSPS) is 12.2. The third-order valence-corrected chi connectivity index (χ3v) is 7.86. The summed E-state index contributed by atoms with van der Waals surface area (Å²) in [6.07, 6.45) is 18.0. The van der Waals surface area contributed by atoms with Gasteiger partial charge >= 0.3 is 0 Å². The lowest BCUT2D eigenvalue weighted by molar-refractivity contribution is -0.0240. The number of benzene rings is 1. The highest BCUT2D eigenvalue weighted by atomic mass is 32.1. The molecule has 0 saturated heterocycles. The number of unbranched alkanes of at least 4 members (excludes halogenated alkanes) is 12. The topological polar surface area (TPSA) is 103 Å². The highest BCUT2D eigenvalue weighted by Crippen LogP contribution is 2.26. The van der Waals surface area contributed by atoms with Crippen LogP contribution >= 0.6 is 11.3 Å². The number of hydrogen-bond acceptors (Lipinski definition) is 9. The molecule has 0 bridgehead atoms. The molecular formula is C32H54N2O6S. The van der Waals surface area contributed by atoms with Crippen LogP contribution < -0.4 is 4.74 Å². The van der Waals surface area contributed by atoms with Crippen molar-refractivity contribution in [3.63, 3.8) is 0 Å². The van der Waals surface area contributed by atoms with Crippen molar-refractivity contribution in [1.29, 1.82) is 0 Å². The number of rotatable bonds is 28. The Hall–Kier alpha value is -1.62. The molecule has 0 radical (unpaired) electrons. The Morgan fingerprint density at radius 2 is 1.22 bits per heavy atom. The number of aryl methyl sites for hydroxylation is 1. The number of aliphatic hydroxyl groups excluding tert-OH is 2. The van der Waals surface area contributed by atoms with Crippen molar-refractivity contribution in [3.8, 4) is 16.3 Å². The number of nitrogens with zero attached hydrogens (tertiary/aromatic N) is 2. The first-order chi connectivity index (χ1) is 20.2. The first kappa shape index (κ1) is 35.6. The van der Waals surface area contributed by atoms with Crippen molar-refractivity contribution in [1.82, 2.24) is 10.2 Å². The zero-order valence-electron chi connectivity index (χ0n) is 25.3. The van der Waals surface area contributed by atoms with Crippen LogP contribution in [0.25, 0.3) is 10.6 Å². The van der Waals surface area contributed by atoms with Gasteiger partial charge in [0.15, 0.2) is 0 Å². The standard InChI is InChI=1S/C32H54N2O6S/c1-2-3-4-5-6-7-8-9-10-11-12-13-14-15-31-33-34-32(41-31)28-16-18-30(19-17-28)40-25-24-38-21-20-37-22-23-39-27-29(36)26-35/h16-19,29,35-36H,2-15,20-27H2,1H3. The second kappa shape index (κ2) is 24.9. The van der Waals surface area contributed by atoms with Crippen LogP contribution in [-0.2, 0) is 20.6 Å². The van der Waals surface area contributed by atoms with Crippen LogP contribution in [0.15, 0.2) is 24.3 Å². The molecule has 0 aliphatic carbocycles. The largest absolute Gasteiger partial charge is 0.491 e. The molecule has 0 spiro atoms. The highest BCUT2D eigenvalue weighted by Gasteiger charge is 2.07. The molecule has 0 aliphatic heterocycles. The fourth-order valence-electron chi connectivity index (χ4n) is 4.39. The smallest absolute Gasteiger partial charge is 0.147 e. The second-order valence-electron chi connectivity index (χ2n) is 10.5. The molecule has 9 heteroatoms. The maximum atomic E-state index is 9.16. The van der Waals surface area contributed by atoms with Gasteiger partial charge in [-0.15, -0.1) is 10.2 Å². The van der Waals surface area contributed by atoms with E-state index in [1.807, 2.05) is 24.3 Å². The average Bonchev–Trinajstić information content (AvgIpc) is 3.47. The van der Waals surface area contributed by atoms with E-state index < -0.39 is 6.10 Å². The molecule has 0 fully saturated rings. The zero-order valence-corrected chi connectivity index (χ0v) is 26.1. The molecule has 0 amide bonds. The average molecular weight is 595 g/mol. The van der Waals surface area contributed by atoms with Gasteiger partial charge in [0.2, 0.25) is 0 Å². The molecular weight excluding hydrogens is 540 g/mol. The molecule has 0 aliphatic rings. The third kappa shape index (κ3) is 18.5. The van der Waals surface area contributed by atoms with Crippen LogP contribution in [0.5, 0.6) is 5.75 Å². The fourth-order valence-corrected chi connectivity index (χ4v) is 5.28. The maximum Gasteiger partial charge on any atom is 0.147 e. The minimum Gasteiger partial charge on any atom is -0.491 e. The van der Waals surface area contributed by atoms with Crippen LogP contribution in [0, 0.1) is 0 Å². The van der Waals surface area contributed by atoms with Gasteiger partial charge in [0.05, 0.1) is 46.2 Å². The van der Waals surface area contributed by atoms with Gasteiger partial charge in [-0.1, -0.05) is 95.3 Å². The summed E-state index contributed by atoms with van der Waals surface area (Å²) in [6.45, 7) is 4.74. The summed E-state index contributed by atoms with van der Waals surface area (Å²) < 4.78 is 21.8. The van der Waals surface area contributed by atoms with E-state index in [-0.39, 0.29) is 13.2 Å². The molecule has 0 saturated carbocycles. The molecule has 1 aromatic heterocycles. The van der Waals surface area contributed by atoms with Gasteiger partial charge in [-0.25, -0.2) is 0 Å². The van der Waals surface area contributed by atoms with Gasteiger partial charge in [0.25, 0.3) is 0 Å². The summed E-state index contributed by atoms with van der Waals surface area (Å²) in [6, 6.07) is 7.97. The number of aromatic nitrogens is 2. The van der Waals surface area contributed by atoms with Crippen molar-refractivity contribution in [2.75, 3.05) is 52.9 Å². The Morgan fingerprint density at radius 3 is 1.80 bits per heavy atom. The minimum atomic E-state index is -0.838. The molecule has 1 atom stereocenters. The lowest BCUT2D eigenvalue weighted by Gasteiger charge is -2.09. The lowest BCUT2D eigenvalue weighted by atomic mass is 10.0. The van der Waals surface area contributed by atoms with Crippen molar-refractivity contribution in [2.45, 2.75) is 103 Å². The van der Waals surface area contributed by atoms with Gasteiger partial charge < -0.3 is 29.2 Å². The molecule has 41 heavy (non-hydrogen) atoms. The molecule has 8 nitrogen and oxygen atoms in total. The van der Waals surface area contributed by atoms with Gasteiger partial charge in [-0.2, -0.15) is 0 Å². The van der Waals surface area contributed by atoms with Crippen molar-refractivity contribution < 1.29 is 29.2 Å². The Bertz CT molecular complexity index is 851. The van der Waals surface area contributed by atoms with Gasteiger partial charge in [-0.05, 0) is 30.7 Å². The molecule has 2 N–H and O–H groups in total. The first-order valence-corrected chi connectivity index (χ1v) is 16.6. The van der Waals surface area contributed by atoms with Crippen LogP contribution in [-0.4, -0.2) is 79.4 Å². The summed E-state index contributed by atoms with van der Waals surface area (Å²) in [7, 11) is 0. The van der Waals surface area contributed by atoms with E-state index in [0.29, 0.717) is 39.6 Å². The number of hydrogen-bond donors (Lipinski definition) is 2. The van der Waals surface area contributed by atoms with E-state index in [1.165, 1.54) is 83.5 Å². The third-order valence-electron chi connectivity index (χ3n) is 6.82. The van der Waals surface area contributed by atoms with Crippen molar-refractivity contribution in [3.05, 3.63) is 29.3 Å². The summed E-state index contributed by atoms with van der Waals surface area (Å²) in [5.74, 6) is 0.799. The van der Waals surface area contributed by atoms with Crippen LogP contribution in [0.4, 0.5) is 0 Å². The fraction of sp³-hybridized carbons (Fsp3) is 0.750. The summed E-state index contributed by atoms with van der Waals surface area (Å²) in [5.41, 5.74) is 1.06. The SMILES string of the molecule is CCCCCCCCCCCCCCCc1nnc(-c2ccc(OCCOCCOCCOCC(O)CO)cc2)s1. The summed E-state index contributed by atoms with van der Waals surface area (Å²) in [4.78, 5) is 0. The zero-order chi connectivity index (χ0) is 29.2. The highest BCUT2D eigenvalue weighted by molar-refractivity contribution is 7.14. The molecule has 1 heterocycles. The quantitative estimate of drug-likeness (QED) is 0.106. The van der Waals surface area contributed by atoms with E-state index in [2.05, 4.69) is 17.1 Å². The van der Waals surface area contributed by atoms with E-state index in [1.54, 1.807) is 11.3 Å². The Morgan fingerprint density at radius 1 is 0.683 bits per heavy atom. The predicted molar refractivity (Wildman–Crippen MR) is 166 cm³/mol. The van der Waals surface area contributed by atoms with Gasteiger partial charge in [0.1, 0.15) is 28.5 Å². The number of ether oxygens (including phenoxy) is 4. The minimum absolute atomic E-state index is 0.107. The monoisotopic (exact) mass is 594 g/mol. The van der Waals surface area contributed by atoms with Crippen molar-refractivity contribution >= 4 is 11.3 Å². The molecule has 1 unspecified atom stereocenters. The van der Waals surface area contributed by atoms with Crippen LogP contribution in [0.2, 0.25) is 0 Å². The van der Waals surface area contributed by atoms with E-state index in [4.69, 9.17) is 29.2 Å². The number of aliphatic hydroxyl groups is 2.